The minimum Gasteiger partial charge on any atom is -0.508 e. The summed E-state index contributed by atoms with van der Waals surface area (Å²) >= 11 is 0. The van der Waals surface area contributed by atoms with E-state index < -0.39 is 0 Å². The van der Waals surface area contributed by atoms with Crippen molar-refractivity contribution < 1.29 is 14.6 Å². The molecule has 3 rings (SSSR count). The lowest BCUT2D eigenvalue weighted by molar-refractivity contribution is 0.206. The van der Waals surface area contributed by atoms with Crippen LogP contribution in [0.5, 0.6) is 17.2 Å². The van der Waals surface area contributed by atoms with E-state index in [2.05, 4.69) is 25.7 Å². The van der Waals surface area contributed by atoms with E-state index >= 15 is 0 Å². The third kappa shape index (κ3) is 3.22. The zero-order valence-corrected chi connectivity index (χ0v) is 13.7. The largest absolute Gasteiger partial charge is 0.508 e. The highest BCUT2D eigenvalue weighted by Crippen LogP contribution is 2.42. The molecule has 0 aromatic heterocycles. The molecular weight excluding hydrogens is 278 g/mol. The number of hydrogen-bond acceptors (Lipinski definition) is 4. The SMILES string of the molecule is CC(C)(C)c1cc2c(cc1O)OC=C(CN1CCCCC1)O2. The van der Waals surface area contributed by atoms with Gasteiger partial charge in [0, 0.05) is 11.6 Å². The molecule has 1 fully saturated rings. The van der Waals surface area contributed by atoms with Gasteiger partial charge in [0.2, 0.25) is 0 Å². The van der Waals surface area contributed by atoms with Gasteiger partial charge in [-0.2, -0.15) is 0 Å². The standard InChI is InChI=1S/C18H25NO3/c1-18(2,3)14-9-17-16(10-15(14)20)21-12-13(22-17)11-19-7-5-4-6-8-19/h9-10,12,20H,4-8,11H2,1-3H3. The van der Waals surface area contributed by atoms with Crippen molar-refractivity contribution in [2.24, 2.45) is 0 Å². The van der Waals surface area contributed by atoms with E-state index in [0.29, 0.717) is 11.5 Å². The molecule has 120 valence electrons. The number of likely N-dealkylation sites (tertiary alicyclic amines) is 1. The first kappa shape index (κ1) is 15.2. The van der Waals surface area contributed by atoms with E-state index in [-0.39, 0.29) is 11.2 Å². The summed E-state index contributed by atoms with van der Waals surface area (Å²) in [6.45, 7) is 9.24. The summed E-state index contributed by atoms with van der Waals surface area (Å²) in [5.74, 6) is 2.35. The Bertz CT molecular complexity index is 581. The zero-order valence-electron chi connectivity index (χ0n) is 13.7. The summed E-state index contributed by atoms with van der Waals surface area (Å²) in [6, 6.07) is 3.54. The number of nitrogens with zero attached hydrogens (tertiary/aromatic N) is 1. The summed E-state index contributed by atoms with van der Waals surface area (Å²) in [5.41, 5.74) is 0.727. The summed E-state index contributed by atoms with van der Waals surface area (Å²) in [5, 5.41) is 10.2. The molecule has 0 radical (unpaired) electrons. The van der Waals surface area contributed by atoms with Crippen LogP contribution in [0.2, 0.25) is 0 Å². The van der Waals surface area contributed by atoms with Gasteiger partial charge in [-0.05, 0) is 37.4 Å². The minimum absolute atomic E-state index is 0.142. The molecule has 1 aromatic rings. The predicted molar refractivity (Wildman–Crippen MR) is 86.4 cm³/mol. The van der Waals surface area contributed by atoms with Gasteiger partial charge < -0.3 is 14.6 Å². The maximum Gasteiger partial charge on any atom is 0.172 e. The van der Waals surface area contributed by atoms with Gasteiger partial charge in [0.05, 0.1) is 6.54 Å². The molecule has 0 spiro atoms. The van der Waals surface area contributed by atoms with Gasteiger partial charge in [0.25, 0.3) is 0 Å². The van der Waals surface area contributed by atoms with Crippen LogP contribution in [0.25, 0.3) is 0 Å². The third-order valence-electron chi connectivity index (χ3n) is 4.26. The molecule has 0 atom stereocenters. The first-order chi connectivity index (χ1) is 10.4. The molecular formula is C18H25NO3. The molecule has 4 heteroatoms. The van der Waals surface area contributed by atoms with Crippen molar-refractivity contribution in [2.75, 3.05) is 19.6 Å². The van der Waals surface area contributed by atoms with Crippen LogP contribution in [0.15, 0.2) is 24.2 Å². The molecule has 1 N–H and O–H groups in total. The Morgan fingerprint density at radius 2 is 1.82 bits per heavy atom. The molecule has 0 unspecified atom stereocenters. The molecule has 2 aliphatic heterocycles. The van der Waals surface area contributed by atoms with Crippen LogP contribution in [-0.2, 0) is 5.41 Å². The number of rotatable bonds is 2. The molecule has 4 nitrogen and oxygen atoms in total. The monoisotopic (exact) mass is 303 g/mol. The highest BCUT2D eigenvalue weighted by molar-refractivity contribution is 5.54. The number of ether oxygens (including phenoxy) is 2. The van der Waals surface area contributed by atoms with Crippen LogP contribution < -0.4 is 9.47 Å². The smallest absolute Gasteiger partial charge is 0.172 e. The quantitative estimate of drug-likeness (QED) is 0.902. The lowest BCUT2D eigenvalue weighted by atomic mass is 9.86. The summed E-state index contributed by atoms with van der Waals surface area (Å²) < 4.78 is 11.7. The number of aromatic hydroxyl groups is 1. The molecule has 22 heavy (non-hydrogen) atoms. The van der Waals surface area contributed by atoms with E-state index in [1.807, 2.05) is 6.07 Å². The second kappa shape index (κ2) is 5.84. The van der Waals surface area contributed by atoms with Crippen molar-refractivity contribution in [3.63, 3.8) is 0 Å². The molecule has 2 heterocycles. The number of phenolic OH excluding ortho intramolecular Hbond substituents is 1. The van der Waals surface area contributed by atoms with Gasteiger partial charge in [-0.3, -0.25) is 4.90 Å². The van der Waals surface area contributed by atoms with Crippen molar-refractivity contribution in [1.29, 1.82) is 0 Å². The van der Waals surface area contributed by atoms with E-state index in [1.165, 1.54) is 19.3 Å². The van der Waals surface area contributed by atoms with Gasteiger partial charge in [-0.15, -0.1) is 0 Å². The molecule has 0 aliphatic carbocycles. The lowest BCUT2D eigenvalue weighted by Crippen LogP contribution is -2.33. The average Bonchev–Trinajstić information content (AvgIpc) is 2.47. The maximum atomic E-state index is 10.2. The first-order valence-electron chi connectivity index (χ1n) is 8.07. The van der Waals surface area contributed by atoms with Crippen molar-refractivity contribution in [3.05, 3.63) is 29.7 Å². The first-order valence-corrected chi connectivity index (χ1v) is 8.07. The van der Waals surface area contributed by atoms with Crippen LogP contribution in [0.3, 0.4) is 0 Å². The fraction of sp³-hybridized carbons (Fsp3) is 0.556. The normalized spacial score (nSPS) is 19.0. The molecule has 1 aromatic carbocycles. The second-order valence-electron chi connectivity index (χ2n) is 7.21. The average molecular weight is 303 g/mol. The Morgan fingerprint density at radius 3 is 2.50 bits per heavy atom. The molecule has 1 saturated heterocycles. The third-order valence-corrected chi connectivity index (χ3v) is 4.26. The predicted octanol–water partition coefficient (Wildman–Crippen LogP) is 3.79. The van der Waals surface area contributed by atoms with E-state index in [9.17, 15) is 5.11 Å². The molecule has 0 bridgehead atoms. The fourth-order valence-electron chi connectivity index (χ4n) is 3.02. The number of phenols is 1. The van der Waals surface area contributed by atoms with Crippen molar-refractivity contribution in [2.45, 2.75) is 45.4 Å². The summed E-state index contributed by atoms with van der Waals surface area (Å²) in [4.78, 5) is 2.40. The summed E-state index contributed by atoms with van der Waals surface area (Å²) in [7, 11) is 0. The summed E-state index contributed by atoms with van der Waals surface area (Å²) in [6.07, 6.45) is 5.50. The Kier molecular flexibility index (Phi) is 4.04. The maximum absolute atomic E-state index is 10.2. The Morgan fingerprint density at radius 1 is 1.09 bits per heavy atom. The van der Waals surface area contributed by atoms with Crippen LogP contribution in [0, 0.1) is 0 Å². The lowest BCUT2D eigenvalue weighted by Gasteiger charge is -2.29. The highest BCUT2D eigenvalue weighted by atomic mass is 16.6. The number of benzene rings is 1. The molecule has 0 saturated carbocycles. The van der Waals surface area contributed by atoms with Crippen LogP contribution >= 0.6 is 0 Å². The van der Waals surface area contributed by atoms with Crippen LogP contribution in [0.1, 0.15) is 45.6 Å². The Labute approximate surface area is 132 Å². The van der Waals surface area contributed by atoms with Crippen LogP contribution in [0.4, 0.5) is 0 Å². The fourth-order valence-corrected chi connectivity index (χ4v) is 3.02. The van der Waals surface area contributed by atoms with Crippen molar-refractivity contribution in [3.8, 4) is 17.2 Å². The Hall–Kier alpha value is -1.68. The highest BCUT2D eigenvalue weighted by Gasteiger charge is 2.24. The number of fused-ring (bicyclic) bond motifs is 1. The second-order valence-corrected chi connectivity index (χ2v) is 7.21. The van der Waals surface area contributed by atoms with Gasteiger partial charge >= 0.3 is 0 Å². The number of hydrogen-bond donors (Lipinski definition) is 1. The number of piperidine rings is 1. The van der Waals surface area contributed by atoms with E-state index in [1.54, 1.807) is 12.3 Å². The van der Waals surface area contributed by atoms with Gasteiger partial charge in [0.15, 0.2) is 17.3 Å². The van der Waals surface area contributed by atoms with Gasteiger partial charge in [0.1, 0.15) is 12.0 Å². The Balaban J connectivity index is 1.77. The van der Waals surface area contributed by atoms with E-state index in [0.717, 1.165) is 31.0 Å². The minimum atomic E-state index is -0.142. The van der Waals surface area contributed by atoms with Gasteiger partial charge in [-0.1, -0.05) is 27.2 Å². The topological polar surface area (TPSA) is 41.9 Å². The molecule has 0 amide bonds. The molecule has 2 aliphatic rings. The van der Waals surface area contributed by atoms with Gasteiger partial charge in [-0.25, -0.2) is 0 Å². The zero-order chi connectivity index (χ0) is 15.7. The van der Waals surface area contributed by atoms with E-state index in [4.69, 9.17) is 9.47 Å². The van der Waals surface area contributed by atoms with Crippen LogP contribution in [-0.4, -0.2) is 29.6 Å². The van der Waals surface area contributed by atoms with Crippen molar-refractivity contribution in [1.82, 2.24) is 4.90 Å². The van der Waals surface area contributed by atoms with Crippen molar-refractivity contribution >= 4 is 0 Å².